The van der Waals surface area contributed by atoms with Crippen molar-refractivity contribution in [1.29, 1.82) is 0 Å². The second kappa shape index (κ2) is 7.51. The van der Waals surface area contributed by atoms with Crippen LogP contribution in [0.4, 0.5) is 9.41 Å². The zero-order valence-electron chi connectivity index (χ0n) is 12.6. The van der Waals surface area contributed by atoms with Crippen LogP contribution in [0.25, 0.3) is 0 Å². The molecule has 0 aromatic carbocycles. The van der Waals surface area contributed by atoms with Gasteiger partial charge in [0.15, 0.2) is 0 Å². The van der Waals surface area contributed by atoms with Crippen LogP contribution in [0, 0.1) is 0 Å². The average Bonchev–Trinajstić information content (AvgIpc) is 2.84. The van der Waals surface area contributed by atoms with E-state index in [0.717, 1.165) is 10.6 Å². The molecule has 0 saturated carbocycles. The molecule has 2 unspecified atom stereocenters. The van der Waals surface area contributed by atoms with Crippen LogP contribution in [-0.4, -0.2) is 26.7 Å². The maximum atomic E-state index is 12.0. The molecule has 0 bridgehead atoms. The van der Waals surface area contributed by atoms with Gasteiger partial charge in [-0.3, -0.25) is 9.41 Å². The molecule has 0 aromatic heterocycles. The monoisotopic (exact) mass is 370 g/mol. The summed E-state index contributed by atoms with van der Waals surface area (Å²) in [6.45, 7) is 7.29. The number of halogens is 2. The second-order valence-electron chi connectivity index (χ2n) is 5.82. The van der Waals surface area contributed by atoms with E-state index < -0.39 is 14.3 Å². The summed E-state index contributed by atoms with van der Waals surface area (Å²) in [5.74, 6) is 0. The molecule has 2 rings (SSSR count). The van der Waals surface area contributed by atoms with Gasteiger partial charge in [0.2, 0.25) is 0 Å². The molecule has 0 fully saturated rings. The summed E-state index contributed by atoms with van der Waals surface area (Å²) >= 11 is -0.248. The van der Waals surface area contributed by atoms with Gasteiger partial charge >= 0.3 is 125 Å². The summed E-state index contributed by atoms with van der Waals surface area (Å²) in [4.78, 5) is 0. The van der Waals surface area contributed by atoms with Crippen molar-refractivity contribution in [3.05, 3.63) is 47.1 Å². The summed E-state index contributed by atoms with van der Waals surface area (Å²) in [7, 11) is -4.24. The van der Waals surface area contributed by atoms with Crippen LogP contribution >= 0.6 is 14.3 Å². The van der Waals surface area contributed by atoms with E-state index in [1.165, 1.54) is 0 Å². The fourth-order valence-electron chi connectivity index (χ4n) is 2.14. The van der Waals surface area contributed by atoms with Crippen molar-refractivity contribution < 1.29 is 37.7 Å². The zero-order chi connectivity index (χ0) is 14.3. The van der Waals surface area contributed by atoms with E-state index in [4.69, 9.17) is 0 Å². The fourth-order valence-corrected chi connectivity index (χ4v) is 6.71. The van der Waals surface area contributed by atoms with E-state index in [2.05, 4.69) is 24.3 Å². The van der Waals surface area contributed by atoms with E-state index >= 15 is 0 Å². The third kappa shape index (κ3) is 5.60. The van der Waals surface area contributed by atoms with Gasteiger partial charge in [0.05, 0.1) is 0 Å². The minimum absolute atomic E-state index is 0. The Balaban J connectivity index is 0.00000200. The van der Waals surface area contributed by atoms with Crippen molar-refractivity contribution in [2.24, 2.45) is 0 Å². The minimum atomic E-state index is -2.12. The molecule has 21 heavy (non-hydrogen) atoms. The molecule has 0 spiro atoms. The molecule has 0 saturated heterocycles. The van der Waals surface area contributed by atoms with Crippen molar-refractivity contribution in [2.75, 3.05) is 26.7 Å². The van der Waals surface area contributed by atoms with Crippen LogP contribution in [0.15, 0.2) is 47.1 Å². The molecule has 2 atom stereocenters. The molecular weight excluding hydrogens is 348 g/mol. The molecular formula is C14H22F2O2P2Ti. The average molecular weight is 370 g/mol. The van der Waals surface area contributed by atoms with Crippen LogP contribution in [-0.2, 0) is 28.3 Å². The normalized spacial score (nSPS) is 24.0. The summed E-state index contributed by atoms with van der Waals surface area (Å²) in [6.07, 6.45) is 12.8. The first-order chi connectivity index (χ1) is 8.66. The van der Waals surface area contributed by atoms with Gasteiger partial charge in [0, 0.05) is 0 Å². The van der Waals surface area contributed by atoms with Gasteiger partial charge in [0.25, 0.3) is 0 Å². The Bertz CT molecular complexity index is 544. The van der Waals surface area contributed by atoms with Gasteiger partial charge in [-0.1, -0.05) is 0 Å². The molecule has 118 valence electrons. The fraction of sp³-hybridized carbons (Fsp3) is 0.429. The quantitative estimate of drug-likeness (QED) is 0.510. The van der Waals surface area contributed by atoms with Gasteiger partial charge in [-0.15, -0.1) is 0 Å². The van der Waals surface area contributed by atoms with Crippen LogP contribution < -0.4 is 0 Å². The Kier molecular flexibility index (Phi) is 7.51. The first-order valence-electron chi connectivity index (χ1n) is 6.33. The van der Waals surface area contributed by atoms with Gasteiger partial charge in [-0.2, -0.15) is 0 Å². The summed E-state index contributed by atoms with van der Waals surface area (Å²) < 4.78 is 25.0. The van der Waals surface area contributed by atoms with Crippen molar-refractivity contribution in [3.63, 3.8) is 0 Å². The van der Waals surface area contributed by atoms with Crippen LogP contribution in [0.1, 0.15) is 0 Å². The van der Waals surface area contributed by atoms with Crippen molar-refractivity contribution >= 4 is 14.3 Å². The van der Waals surface area contributed by atoms with Crippen molar-refractivity contribution in [2.45, 2.75) is 8.45 Å². The first-order valence-corrected chi connectivity index (χ1v) is 13.3. The largest absolute Gasteiger partial charge is 0.269 e. The van der Waals surface area contributed by atoms with Gasteiger partial charge < -0.3 is 0 Å². The Labute approximate surface area is 134 Å². The van der Waals surface area contributed by atoms with Crippen LogP contribution in [0.2, 0.25) is 8.45 Å². The maximum absolute atomic E-state index is 12.0. The van der Waals surface area contributed by atoms with E-state index in [-0.39, 0.29) is 28.6 Å². The molecule has 0 heterocycles. The number of allylic oxidation sites excluding steroid dienone is 8. The smallest absolute Gasteiger partial charge is 0.269 e. The Hall–Kier alpha value is -0.00571. The third-order valence-electron chi connectivity index (χ3n) is 3.28. The van der Waals surface area contributed by atoms with E-state index in [1.54, 1.807) is 0 Å². The molecule has 2 nitrogen and oxygen atoms in total. The summed E-state index contributed by atoms with van der Waals surface area (Å²) in [5, 5.41) is 2.04. The van der Waals surface area contributed by atoms with E-state index in [9.17, 15) is 9.13 Å². The molecule has 0 radical (unpaired) electrons. The molecule has 0 amide bonds. The van der Waals surface area contributed by atoms with Crippen molar-refractivity contribution in [3.8, 4) is 0 Å². The molecule has 2 aliphatic carbocycles. The maximum Gasteiger partial charge on any atom is -0.269 e. The SMILES string of the molecule is CP(C)(=O)C1=C[CH]([Ti][CH]2C=CC(P(C)(C)=O)=C2)C=C1.F.F. The molecule has 7 heteroatoms. The molecule has 0 aromatic rings. The van der Waals surface area contributed by atoms with E-state index in [1.807, 2.05) is 38.8 Å². The Morgan fingerprint density at radius 3 is 1.38 bits per heavy atom. The predicted molar refractivity (Wildman–Crippen MR) is 85.9 cm³/mol. The molecule has 2 aliphatic rings. The van der Waals surface area contributed by atoms with Crippen molar-refractivity contribution in [1.82, 2.24) is 0 Å². The second-order valence-corrected chi connectivity index (χ2v) is 14.9. The topological polar surface area (TPSA) is 34.1 Å². The minimum Gasteiger partial charge on any atom is -0.269 e. The Morgan fingerprint density at radius 2 is 1.14 bits per heavy atom. The molecule has 0 N–H and O–H groups in total. The van der Waals surface area contributed by atoms with Crippen LogP contribution in [0.3, 0.4) is 0 Å². The number of hydrogen-bond donors (Lipinski definition) is 0. The summed E-state index contributed by atoms with van der Waals surface area (Å²) in [6, 6.07) is 0. The van der Waals surface area contributed by atoms with E-state index in [0.29, 0.717) is 8.45 Å². The van der Waals surface area contributed by atoms with Gasteiger partial charge in [-0.25, -0.2) is 0 Å². The zero-order valence-corrected chi connectivity index (χ0v) is 16.0. The predicted octanol–water partition coefficient (Wildman–Crippen LogP) is 5.10. The number of hydrogen-bond acceptors (Lipinski definition) is 2. The summed E-state index contributed by atoms with van der Waals surface area (Å²) in [5.41, 5.74) is 0. The van der Waals surface area contributed by atoms with Crippen LogP contribution in [0.5, 0.6) is 0 Å². The third-order valence-corrected chi connectivity index (χ3v) is 8.68. The Morgan fingerprint density at radius 1 is 0.810 bits per heavy atom. The molecule has 0 aliphatic heterocycles. The van der Waals surface area contributed by atoms with Gasteiger partial charge in [0.1, 0.15) is 0 Å². The number of rotatable bonds is 4. The van der Waals surface area contributed by atoms with Gasteiger partial charge in [-0.05, 0) is 0 Å². The first kappa shape index (κ1) is 21.0. The standard InChI is InChI=1S/2C7H10OP.2FH.Ti/c2*1-9(2,8)7-5-3-4-6-7;;;/h2*3-6H,1-2H3;2*1H;.